The lowest BCUT2D eigenvalue weighted by atomic mass is 9.84. The normalized spacial score (nSPS) is 23.6. The summed E-state index contributed by atoms with van der Waals surface area (Å²) in [5.41, 5.74) is -0.00435. The van der Waals surface area contributed by atoms with Gasteiger partial charge in [-0.2, -0.15) is 4.80 Å². The lowest BCUT2D eigenvalue weighted by Gasteiger charge is -2.33. The highest BCUT2D eigenvalue weighted by molar-refractivity contribution is 7.89. The number of aryl methyl sites for hydroxylation is 1. The zero-order valence-electron chi connectivity index (χ0n) is 16.0. The van der Waals surface area contributed by atoms with Gasteiger partial charge in [-0.05, 0) is 49.6 Å². The number of alkyl halides is 1. The van der Waals surface area contributed by atoms with Gasteiger partial charge in [0.2, 0.25) is 15.8 Å². The minimum Gasteiger partial charge on any atom is -0.382 e. The van der Waals surface area contributed by atoms with Gasteiger partial charge in [0.1, 0.15) is 5.67 Å². The van der Waals surface area contributed by atoms with E-state index < -0.39 is 15.7 Å². The maximum atomic E-state index is 14.4. The minimum atomic E-state index is -3.61. The van der Waals surface area contributed by atoms with Crippen molar-refractivity contribution in [3.8, 4) is 11.4 Å². The largest absolute Gasteiger partial charge is 0.382 e. The van der Waals surface area contributed by atoms with Crippen molar-refractivity contribution in [2.75, 3.05) is 19.4 Å². The van der Waals surface area contributed by atoms with Crippen molar-refractivity contribution in [1.82, 2.24) is 24.5 Å². The SMILES string of the molecule is CN(C)S(=O)(=O)c1ccc(NC2CCCC(C)(F)C2)c(-c2nnn(C)n2)c1. The van der Waals surface area contributed by atoms with Crippen LogP contribution in [-0.4, -0.2) is 58.7 Å². The Morgan fingerprint density at radius 2 is 2.11 bits per heavy atom. The van der Waals surface area contributed by atoms with E-state index in [9.17, 15) is 12.8 Å². The molecular weight excluding hydrogens is 371 g/mol. The summed E-state index contributed by atoms with van der Waals surface area (Å²) in [7, 11) is 0.988. The zero-order chi connectivity index (χ0) is 19.8. The molecule has 0 saturated heterocycles. The number of hydrogen-bond acceptors (Lipinski definition) is 6. The summed E-state index contributed by atoms with van der Waals surface area (Å²) in [4.78, 5) is 1.45. The monoisotopic (exact) mass is 396 g/mol. The van der Waals surface area contributed by atoms with E-state index >= 15 is 0 Å². The highest BCUT2D eigenvalue weighted by Gasteiger charge is 2.32. The van der Waals surface area contributed by atoms with Crippen molar-refractivity contribution in [1.29, 1.82) is 0 Å². The van der Waals surface area contributed by atoms with Gasteiger partial charge in [-0.25, -0.2) is 17.1 Å². The molecule has 8 nitrogen and oxygen atoms in total. The number of aromatic nitrogens is 4. The van der Waals surface area contributed by atoms with Gasteiger partial charge in [0, 0.05) is 37.8 Å². The molecule has 1 aliphatic carbocycles. The predicted octanol–water partition coefficient (Wildman–Crippen LogP) is 2.21. The second-order valence-electron chi connectivity index (χ2n) is 7.45. The number of nitrogens with one attached hydrogen (secondary N) is 1. The van der Waals surface area contributed by atoms with Crippen LogP contribution in [0.25, 0.3) is 11.4 Å². The van der Waals surface area contributed by atoms with Crippen LogP contribution in [0, 0.1) is 0 Å². The second-order valence-corrected chi connectivity index (χ2v) is 9.60. The molecule has 0 bridgehead atoms. The summed E-state index contributed by atoms with van der Waals surface area (Å²) in [5, 5.41) is 15.4. The fourth-order valence-corrected chi connectivity index (χ4v) is 4.30. The molecule has 0 aliphatic heterocycles. The van der Waals surface area contributed by atoms with E-state index in [2.05, 4.69) is 20.7 Å². The first-order valence-corrected chi connectivity index (χ1v) is 10.3. The minimum absolute atomic E-state index is 0.0412. The van der Waals surface area contributed by atoms with Gasteiger partial charge in [0.25, 0.3) is 0 Å². The second kappa shape index (κ2) is 7.16. The number of hydrogen-bond donors (Lipinski definition) is 1. The van der Waals surface area contributed by atoms with Crippen LogP contribution in [0.5, 0.6) is 0 Å². The first-order chi connectivity index (χ1) is 12.6. The van der Waals surface area contributed by atoms with E-state index in [-0.39, 0.29) is 10.9 Å². The Morgan fingerprint density at radius 1 is 1.37 bits per heavy atom. The number of sulfonamides is 1. The van der Waals surface area contributed by atoms with E-state index in [1.807, 2.05) is 0 Å². The Morgan fingerprint density at radius 3 is 2.70 bits per heavy atom. The maximum Gasteiger partial charge on any atom is 0.242 e. The van der Waals surface area contributed by atoms with Crippen LogP contribution >= 0.6 is 0 Å². The van der Waals surface area contributed by atoms with Gasteiger partial charge >= 0.3 is 0 Å². The first kappa shape index (κ1) is 19.7. The van der Waals surface area contributed by atoms with Gasteiger partial charge < -0.3 is 5.32 Å². The Bertz CT molecular complexity index is 925. The third-order valence-corrected chi connectivity index (χ3v) is 6.61. The lowest BCUT2D eigenvalue weighted by Crippen LogP contribution is -2.35. The molecule has 2 atom stereocenters. The Hall–Kier alpha value is -2.07. The Labute approximate surface area is 158 Å². The molecule has 27 heavy (non-hydrogen) atoms. The molecule has 3 rings (SSSR count). The topological polar surface area (TPSA) is 93.0 Å². The summed E-state index contributed by atoms with van der Waals surface area (Å²) in [6.45, 7) is 1.62. The average Bonchev–Trinajstić information content (AvgIpc) is 3.00. The summed E-state index contributed by atoms with van der Waals surface area (Å²) < 4.78 is 40.6. The highest BCUT2D eigenvalue weighted by atomic mass is 32.2. The lowest BCUT2D eigenvalue weighted by molar-refractivity contribution is 0.122. The van der Waals surface area contributed by atoms with Crippen LogP contribution in [-0.2, 0) is 17.1 Å². The first-order valence-electron chi connectivity index (χ1n) is 8.85. The van der Waals surface area contributed by atoms with E-state index in [0.29, 0.717) is 29.9 Å². The van der Waals surface area contributed by atoms with Gasteiger partial charge in [-0.1, -0.05) is 0 Å². The van der Waals surface area contributed by atoms with Gasteiger partial charge in [0.15, 0.2) is 0 Å². The molecular formula is C17H25FN6O2S. The molecule has 1 heterocycles. The van der Waals surface area contributed by atoms with Crippen LogP contribution in [0.4, 0.5) is 10.1 Å². The fraction of sp³-hybridized carbons (Fsp3) is 0.588. The van der Waals surface area contributed by atoms with Crippen molar-refractivity contribution in [2.24, 2.45) is 7.05 Å². The third-order valence-electron chi connectivity index (χ3n) is 4.80. The number of halogens is 1. The van der Waals surface area contributed by atoms with E-state index in [0.717, 1.165) is 17.1 Å². The molecule has 0 radical (unpaired) electrons. The number of anilines is 1. The van der Waals surface area contributed by atoms with Crippen molar-refractivity contribution in [2.45, 2.75) is 49.2 Å². The van der Waals surface area contributed by atoms with Crippen LogP contribution in [0.15, 0.2) is 23.1 Å². The van der Waals surface area contributed by atoms with Crippen molar-refractivity contribution >= 4 is 15.7 Å². The molecule has 2 aromatic rings. The molecule has 1 N–H and O–H groups in total. The Kier molecular flexibility index (Phi) is 5.22. The average molecular weight is 396 g/mol. The molecule has 1 aromatic heterocycles. The summed E-state index contributed by atoms with van der Waals surface area (Å²) in [6, 6.07) is 4.72. The van der Waals surface area contributed by atoms with E-state index in [1.165, 1.54) is 31.0 Å². The number of benzene rings is 1. The van der Waals surface area contributed by atoms with E-state index in [1.54, 1.807) is 20.0 Å². The summed E-state index contributed by atoms with van der Waals surface area (Å²) >= 11 is 0. The van der Waals surface area contributed by atoms with Gasteiger partial charge in [0.05, 0.1) is 11.9 Å². The zero-order valence-corrected chi connectivity index (χ0v) is 16.8. The predicted molar refractivity (Wildman–Crippen MR) is 100 cm³/mol. The van der Waals surface area contributed by atoms with Gasteiger partial charge in [-0.3, -0.25) is 0 Å². The van der Waals surface area contributed by atoms with Crippen LogP contribution < -0.4 is 5.32 Å². The fourth-order valence-electron chi connectivity index (χ4n) is 3.38. The molecule has 1 saturated carbocycles. The molecule has 1 aromatic carbocycles. The van der Waals surface area contributed by atoms with Crippen molar-refractivity contribution in [3.05, 3.63) is 18.2 Å². The molecule has 0 spiro atoms. The van der Waals surface area contributed by atoms with Crippen molar-refractivity contribution in [3.63, 3.8) is 0 Å². The summed E-state index contributed by atoms with van der Waals surface area (Å²) in [5.74, 6) is 0.314. The van der Waals surface area contributed by atoms with Crippen LogP contribution in [0.2, 0.25) is 0 Å². The molecule has 148 valence electrons. The standard InChI is InChI=1S/C17H25FN6O2S/c1-17(18)9-5-6-12(11-17)19-15-8-7-13(27(25,26)23(2)3)10-14(15)16-20-22-24(4)21-16/h7-8,10,12,19H,5-6,9,11H2,1-4H3. The maximum absolute atomic E-state index is 14.4. The number of tetrazole rings is 1. The quantitative estimate of drug-likeness (QED) is 0.833. The molecule has 1 fully saturated rings. The molecule has 10 heteroatoms. The smallest absolute Gasteiger partial charge is 0.242 e. The van der Waals surface area contributed by atoms with Gasteiger partial charge in [-0.15, -0.1) is 10.2 Å². The number of nitrogens with zero attached hydrogens (tertiary/aromatic N) is 5. The van der Waals surface area contributed by atoms with Crippen LogP contribution in [0.3, 0.4) is 0 Å². The van der Waals surface area contributed by atoms with E-state index in [4.69, 9.17) is 0 Å². The molecule has 2 unspecified atom stereocenters. The van der Waals surface area contributed by atoms with Crippen molar-refractivity contribution < 1.29 is 12.8 Å². The number of rotatable bonds is 5. The highest BCUT2D eigenvalue weighted by Crippen LogP contribution is 2.35. The molecule has 0 amide bonds. The van der Waals surface area contributed by atoms with Crippen LogP contribution in [0.1, 0.15) is 32.6 Å². The third kappa shape index (κ3) is 4.27. The Balaban J connectivity index is 2.00. The molecule has 1 aliphatic rings. The summed E-state index contributed by atoms with van der Waals surface area (Å²) in [6.07, 6.45) is 2.61.